The highest BCUT2D eigenvalue weighted by molar-refractivity contribution is 7.99. The number of fused-ring (bicyclic) bond motifs is 2. The molecule has 344 valence electrons. The van der Waals surface area contributed by atoms with E-state index >= 15 is 9.59 Å². The number of esters is 4. The van der Waals surface area contributed by atoms with Gasteiger partial charge >= 0.3 is 23.9 Å². The zero-order valence-corrected chi connectivity index (χ0v) is 39.1. The maximum absolute atomic E-state index is 15.6. The van der Waals surface area contributed by atoms with Crippen LogP contribution in [0.3, 0.4) is 0 Å². The van der Waals surface area contributed by atoms with Crippen LogP contribution in [-0.4, -0.2) is 67.9 Å². The summed E-state index contributed by atoms with van der Waals surface area (Å²) in [5.41, 5.74) is 3.57. The number of carbonyl (C=O) groups is 6. The Morgan fingerprint density at radius 1 is 0.545 bits per heavy atom. The second kappa shape index (κ2) is 22.5. The summed E-state index contributed by atoms with van der Waals surface area (Å²) in [6.07, 6.45) is 11.2. The first-order valence-corrected chi connectivity index (χ1v) is 24.3. The molecule has 0 amide bonds. The molecular formula is C53H55NO10S2. The Bertz CT molecular complexity index is 2380. The van der Waals surface area contributed by atoms with Gasteiger partial charge in [-0.05, 0) is 87.1 Å². The van der Waals surface area contributed by atoms with Crippen molar-refractivity contribution in [2.45, 2.75) is 110 Å². The maximum Gasteiger partial charge on any atom is 0.339 e. The van der Waals surface area contributed by atoms with Crippen molar-refractivity contribution in [3.8, 4) is 0 Å². The van der Waals surface area contributed by atoms with Gasteiger partial charge in [-0.15, -0.1) is 0 Å². The summed E-state index contributed by atoms with van der Waals surface area (Å²) in [4.78, 5) is 84.1. The third-order valence-electron chi connectivity index (χ3n) is 12.0. The molecule has 3 aliphatic rings. The van der Waals surface area contributed by atoms with Crippen LogP contribution in [0.1, 0.15) is 136 Å². The van der Waals surface area contributed by atoms with Gasteiger partial charge in [0.1, 0.15) is 26.4 Å². The molecule has 13 heteroatoms. The van der Waals surface area contributed by atoms with E-state index in [9.17, 15) is 19.2 Å². The third-order valence-corrected chi connectivity index (χ3v) is 14.2. The minimum absolute atomic E-state index is 0.115. The summed E-state index contributed by atoms with van der Waals surface area (Å²) in [5, 5.41) is 3.66. The fourth-order valence-corrected chi connectivity index (χ4v) is 10.8. The SMILES string of the molecule is C=C(C)C(=O)OCCOC(=O)c1ccccc1Sc1ccc(CC2CCCCC2)c2c1C(=O)c1c(NC3CCCCC3)ccc(Sc3ccccc3C(=O)OCCOC(=O)C(=C)C)c1C2=O. The molecule has 0 spiro atoms. The van der Waals surface area contributed by atoms with Crippen LogP contribution < -0.4 is 5.32 Å². The molecule has 0 radical (unpaired) electrons. The van der Waals surface area contributed by atoms with Crippen LogP contribution in [0.5, 0.6) is 0 Å². The minimum Gasteiger partial charge on any atom is -0.459 e. The molecule has 4 aromatic carbocycles. The second-order valence-electron chi connectivity index (χ2n) is 17.0. The average Bonchev–Trinajstić information content (AvgIpc) is 3.32. The number of anilines is 1. The number of hydrogen-bond acceptors (Lipinski definition) is 13. The number of rotatable bonds is 18. The van der Waals surface area contributed by atoms with Gasteiger partial charge in [-0.25, -0.2) is 19.2 Å². The van der Waals surface area contributed by atoms with Gasteiger partial charge in [0.15, 0.2) is 11.6 Å². The summed E-state index contributed by atoms with van der Waals surface area (Å²) in [7, 11) is 0. The molecule has 0 bridgehead atoms. The summed E-state index contributed by atoms with van der Waals surface area (Å²) in [6, 6.07) is 21.5. The number of nitrogens with one attached hydrogen (secondary N) is 1. The summed E-state index contributed by atoms with van der Waals surface area (Å²) in [6.45, 7) is 9.60. The smallest absolute Gasteiger partial charge is 0.339 e. The lowest BCUT2D eigenvalue weighted by Gasteiger charge is -2.30. The molecule has 0 aliphatic heterocycles. The minimum atomic E-state index is -0.631. The zero-order chi connectivity index (χ0) is 46.7. The van der Waals surface area contributed by atoms with Crippen LogP contribution in [0.15, 0.2) is 117 Å². The number of benzene rings is 4. The molecule has 0 saturated heterocycles. The Morgan fingerprint density at radius 3 is 1.53 bits per heavy atom. The van der Waals surface area contributed by atoms with Crippen molar-refractivity contribution in [2.75, 3.05) is 31.7 Å². The molecule has 2 saturated carbocycles. The Balaban J connectivity index is 1.27. The largest absolute Gasteiger partial charge is 0.459 e. The highest BCUT2D eigenvalue weighted by Gasteiger charge is 2.39. The van der Waals surface area contributed by atoms with E-state index in [4.69, 9.17) is 18.9 Å². The van der Waals surface area contributed by atoms with E-state index < -0.39 is 23.9 Å². The van der Waals surface area contributed by atoms with E-state index in [1.54, 1.807) is 48.5 Å². The Labute approximate surface area is 394 Å². The van der Waals surface area contributed by atoms with Gasteiger partial charge in [0, 0.05) is 59.1 Å². The van der Waals surface area contributed by atoms with E-state index in [0.717, 1.165) is 63.4 Å². The maximum atomic E-state index is 15.6. The molecule has 3 aliphatic carbocycles. The van der Waals surface area contributed by atoms with Crippen molar-refractivity contribution >= 4 is 64.7 Å². The van der Waals surface area contributed by atoms with Gasteiger partial charge in [-0.2, -0.15) is 0 Å². The molecule has 0 aromatic heterocycles. The van der Waals surface area contributed by atoms with Gasteiger partial charge in [0.25, 0.3) is 0 Å². The van der Waals surface area contributed by atoms with Gasteiger partial charge in [0.05, 0.1) is 16.7 Å². The zero-order valence-electron chi connectivity index (χ0n) is 37.5. The summed E-state index contributed by atoms with van der Waals surface area (Å²) in [5.74, 6) is -2.65. The fourth-order valence-electron chi connectivity index (χ4n) is 8.66. The molecule has 0 atom stereocenters. The first-order valence-electron chi connectivity index (χ1n) is 22.6. The second-order valence-corrected chi connectivity index (χ2v) is 19.1. The van der Waals surface area contributed by atoms with Crippen LogP contribution in [0.25, 0.3) is 0 Å². The van der Waals surface area contributed by atoms with Crippen molar-refractivity contribution in [1.29, 1.82) is 0 Å². The quantitative estimate of drug-likeness (QED) is 0.0384. The topological polar surface area (TPSA) is 151 Å². The van der Waals surface area contributed by atoms with E-state index in [1.807, 2.05) is 24.3 Å². The van der Waals surface area contributed by atoms with Crippen LogP contribution in [0.4, 0.5) is 5.69 Å². The Morgan fingerprint density at radius 2 is 1.00 bits per heavy atom. The first kappa shape index (κ1) is 48.0. The lowest BCUT2D eigenvalue weighted by Crippen LogP contribution is -2.29. The molecule has 7 rings (SSSR count). The predicted molar refractivity (Wildman–Crippen MR) is 254 cm³/mol. The van der Waals surface area contributed by atoms with Gasteiger partial charge in [-0.3, -0.25) is 9.59 Å². The Kier molecular flexibility index (Phi) is 16.4. The van der Waals surface area contributed by atoms with E-state index in [0.29, 0.717) is 48.7 Å². The molecule has 66 heavy (non-hydrogen) atoms. The molecule has 11 nitrogen and oxygen atoms in total. The van der Waals surface area contributed by atoms with E-state index in [-0.39, 0.29) is 77.4 Å². The lowest BCUT2D eigenvalue weighted by atomic mass is 9.77. The van der Waals surface area contributed by atoms with Crippen molar-refractivity contribution in [3.05, 3.63) is 136 Å². The fraction of sp³-hybridized carbons (Fsp3) is 0.358. The van der Waals surface area contributed by atoms with Crippen molar-refractivity contribution in [2.24, 2.45) is 5.92 Å². The Hall–Kier alpha value is -5.92. The van der Waals surface area contributed by atoms with Crippen LogP contribution in [0, 0.1) is 5.92 Å². The summed E-state index contributed by atoms with van der Waals surface area (Å²) < 4.78 is 21.2. The van der Waals surface area contributed by atoms with Gasteiger partial charge < -0.3 is 24.3 Å². The monoisotopic (exact) mass is 929 g/mol. The molecule has 4 aromatic rings. The molecule has 1 N–H and O–H groups in total. The first-order chi connectivity index (χ1) is 31.9. The standard InChI is InChI=1S/C53H55NO10S2/c1-32(2)50(57)61-27-29-63-52(59)37-19-11-13-21-40(37)65-42-25-23-35(31-34-15-7-5-8-16-34)44-46(42)49(56)45-39(54-36-17-9-6-10-18-36)24-26-43(47(45)48(44)55)66-41-22-14-12-20-38(41)53(60)64-30-28-62-51(58)33(3)4/h11-14,19-26,34,36,54H,1,3,5-10,15-18,27-31H2,2,4H3. The van der Waals surface area contributed by atoms with Gasteiger partial charge in [0.2, 0.25) is 0 Å². The molecule has 2 fully saturated rings. The van der Waals surface area contributed by atoms with Crippen molar-refractivity contribution in [3.63, 3.8) is 0 Å². The number of ketones is 2. The van der Waals surface area contributed by atoms with E-state index in [1.165, 1.54) is 43.8 Å². The van der Waals surface area contributed by atoms with Gasteiger partial charge in [-0.1, -0.05) is 118 Å². The van der Waals surface area contributed by atoms with E-state index in [2.05, 4.69) is 18.5 Å². The van der Waals surface area contributed by atoms with Crippen molar-refractivity contribution in [1.82, 2.24) is 0 Å². The predicted octanol–water partition coefficient (Wildman–Crippen LogP) is 11.2. The lowest BCUT2D eigenvalue weighted by molar-refractivity contribution is -0.140. The molecular weight excluding hydrogens is 875 g/mol. The average molecular weight is 930 g/mol. The van der Waals surface area contributed by atoms with Crippen LogP contribution in [-0.2, 0) is 35.0 Å². The highest BCUT2D eigenvalue weighted by atomic mass is 32.2. The molecule has 0 heterocycles. The number of hydrogen-bond donors (Lipinski definition) is 1. The normalized spacial score (nSPS) is 14.9. The third kappa shape index (κ3) is 11.5. The molecule has 0 unspecified atom stereocenters. The van der Waals surface area contributed by atoms with Crippen LogP contribution >= 0.6 is 23.5 Å². The highest BCUT2D eigenvalue weighted by Crippen LogP contribution is 2.46. The van der Waals surface area contributed by atoms with Crippen molar-refractivity contribution < 1.29 is 47.7 Å². The number of carbonyl (C=O) groups excluding carboxylic acids is 6. The summed E-state index contributed by atoms with van der Waals surface area (Å²) >= 11 is 2.44. The number of ether oxygens (including phenoxy) is 4. The van der Waals surface area contributed by atoms with Crippen LogP contribution in [0.2, 0.25) is 0 Å².